The van der Waals surface area contributed by atoms with Crippen molar-refractivity contribution in [2.45, 2.75) is 51.9 Å². The molecule has 5 heteroatoms. The highest BCUT2D eigenvalue weighted by Gasteiger charge is 2.13. The normalized spacial score (nSPS) is 14.3. The van der Waals surface area contributed by atoms with Gasteiger partial charge < -0.3 is 9.63 Å². The fourth-order valence-electron chi connectivity index (χ4n) is 1.44. The minimum atomic E-state index is -3.08. The molecule has 0 aromatic carbocycles. The quantitative estimate of drug-likeness (QED) is 0.374. The van der Waals surface area contributed by atoms with Gasteiger partial charge in [0, 0.05) is 12.8 Å². The summed E-state index contributed by atoms with van der Waals surface area (Å²) < 4.78 is 15.9. The highest BCUT2D eigenvalue weighted by molar-refractivity contribution is 7.57. The molecule has 17 heavy (non-hydrogen) atoms. The highest BCUT2D eigenvalue weighted by atomic mass is 31.2. The summed E-state index contributed by atoms with van der Waals surface area (Å²) in [6.07, 6.45) is 6.95. The van der Waals surface area contributed by atoms with Crippen LogP contribution < -0.4 is 0 Å². The van der Waals surface area contributed by atoms with Crippen LogP contribution in [0, 0.1) is 0 Å². The van der Waals surface area contributed by atoms with Crippen LogP contribution in [0.1, 0.15) is 51.9 Å². The van der Waals surface area contributed by atoms with Crippen LogP contribution in [0.5, 0.6) is 0 Å². The number of carbonyl (C=O) groups excluding carboxylic acids is 1. The molecule has 0 aliphatic heterocycles. The van der Waals surface area contributed by atoms with E-state index in [0.717, 1.165) is 12.8 Å². The van der Waals surface area contributed by atoms with Crippen LogP contribution in [0.2, 0.25) is 0 Å². The van der Waals surface area contributed by atoms with Gasteiger partial charge in [0.05, 0.1) is 13.0 Å². The molecule has 0 aromatic heterocycles. The maximum absolute atomic E-state index is 11.2. The van der Waals surface area contributed by atoms with Gasteiger partial charge >= 0.3 is 5.97 Å². The van der Waals surface area contributed by atoms with Crippen molar-refractivity contribution in [2.24, 2.45) is 0 Å². The Morgan fingerprint density at radius 2 is 1.76 bits per heavy atom. The maximum Gasteiger partial charge on any atom is 0.306 e. The van der Waals surface area contributed by atoms with Gasteiger partial charge in [-0.15, -0.1) is 0 Å². The minimum Gasteiger partial charge on any atom is -0.466 e. The van der Waals surface area contributed by atoms with Gasteiger partial charge in [0.1, 0.15) is 0 Å². The molecule has 0 heterocycles. The molecule has 102 valence electrons. The molecular weight excluding hydrogens is 239 g/mol. The smallest absolute Gasteiger partial charge is 0.306 e. The Morgan fingerprint density at radius 3 is 2.35 bits per heavy atom. The Kier molecular flexibility index (Phi) is 9.47. The van der Waals surface area contributed by atoms with E-state index in [1.807, 2.05) is 0 Å². The fourth-order valence-corrected chi connectivity index (χ4v) is 2.04. The molecule has 1 atom stereocenters. The van der Waals surface area contributed by atoms with E-state index in [-0.39, 0.29) is 18.6 Å². The van der Waals surface area contributed by atoms with Crippen molar-refractivity contribution >= 4 is 13.3 Å². The summed E-state index contributed by atoms with van der Waals surface area (Å²) in [5, 5.41) is 0. The third-order valence-electron chi connectivity index (χ3n) is 2.49. The fraction of sp³-hybridized carbons (Fsp3) is 0.917. The summed E-state index contributed by atoms with van der Waals surface area (Å²) in [5.74, 6) is -0.366. The zero-order valence-corrected chi connectivity index (χ0v) is 11.9. The second kappa shape index (κ2) is 9.67. The molecule has 0 rings (SSSR count). The Labute approximate surface area is 104 Å². The van der Waals surface area contributed by atoms with E-state index in [1.54, 1.807) is 0 Å². The molecule has 1 N–H and O–H groups in total. The van der Waals surface area contributed by atoms with E-state index in [9.17, 15) is 9.36 Å². The summed E-state index contributed by atoms with van der Waals surface area (Å²) in [4.78, 5) is 20.2. The van der Waals surface area contributed by atoms with Gasteiger partial charge in [0.2, 0.25) is 0 Å². The van der Waals surface area contributed by atoms with Crippen LogP contribution in [0.4, 0.5) is 0 Å². The van der Waals surface area contributed by atoms with Gasteiger partial charge in [0.25, 0.3) is 0 Å². The van der Waals surface area contributed by atoms with Crippen molar-refractivity contribution in [3.05, 3.63) is 0 Å². The predicted octanol–water partition coefficient (Wildman–Crippen LogP) is 3.18. The van der Waals surface area contributed by atoms with Gasteiger partial charge in [-0.05, 0) is 6.42 Å². The van der Waals surface area contributed by atoms with Crippen LogP contribution in [0.25, 0.3) is 0 Å². The second-order valence-corrected chi connectivity index (χ2v) is 7.06. The molecule has 0 amide bonds. The minimum absolute atomic E-state index is 0.0162. The zero-order valence-electron chi connectivity index (χ0n) is 11.0. The van der Waals surface area contributed by atoms with Crippen molar-refractivity contribution in [2.75, 3.05) is 19.4 Å². The molecule has 0 fully saturated rings. The van der Waals surface area contributed by atoms with Crippen molar-refractivity contribution in [1.29, 1.82) is 0 Å². The number of ether oxygens (including phenoxy) is 1. The van der Waals surface area contributed by atoms with E-state index in [1.165, 1.54) is 32.3 Å². The topological polar surface area (TPSA) is 63.6 Å². The van der Waals surface area contributed by atoms with Crippen LogP contribution in [-0.4, -0.2) is 30.3 Å². The first-order chi connectivity index (χ1) is 7.95. The molecular formula is C12H25O4P. The molecule has 0 radical (unpaired) electrons. The number of carbonyl (C=O) groups is 1. The van der Waals surface area contributed by atoms with E-state index in [0.29, 0.717) is 6.61 Å². The first-order valence-electron chi connectivity index (χ1n) is 6.40. The van der Waals surface area contributed by atoms with E-state index >= 15 is 0 Å². The third kappa shape index (κ3) is 13.6. The number of hydrogen-bond acceptors (Lipinski definition) is 3. The zero-order chi connectivity index (χ0) is 13.1. The monoisotopic (exact) mass is 264 g/mol. The lowest BCUT2D eigenvalue weighted by atomic mass is 10.1. The van der Waals surface area contributed by atoms with E-state index in [4.69, 9.17) is 9.63 Å². The first-order valence-corrected chi connectivity index (χ1v) is 8.70. The average Bonchev–Trinajstić information content (AvgIpc) is 2.24. The summed E-state index contributed by atoms with van der Waals surface area (Å²) in [6, 6.07) is 0. The lowest BCUT2D eigenvalue weighted by Gasteiger charge is -2.06. The van der Waals surface area contributed by atoms with Crippen LogP contribution in [0.15, 0.2) is 0 Å². The lowest BCUT2D eigenvalue weighted by Crippen LogP contribution is -2.07. The Bertz CT molecular complexity index is 247. The Balaban J connectivity index is 3.31. The maximum atomic E-state index is 11.2. The molecule has 0 spiro atoms. The molecule has 1 unspecified atom stereocenters. The van der Waals surface area contributed by atoms with Crippen molar-refractivity contribution in [3.63, 3.8) is 0 Å². The molecule has 0 aliphatic carbocycles. The average molecular weight is 264 g/mol. The SMILES string of the molecule is CCCCCCCCOC(=O)CCP(C)(=O)O. The number of esters is 1. The Morgan fingerprint density at radius 1 is 1.18 bits per heavy atom. The molecule has 0 saturated carbocycles. The van der Waals surface area contributed by atoms with Crippen molar-refractivity contribution in [3.8, 4) is 0 Å². The van der Waals surface area contributed by atoms with E-state index in [2.05, 4.69) is 6.92 Å². The van der Waals surface area contributed by atoms with Gasteiger partial charge in [-0.1, -0.05) is 39.0 Å². The van der Waals surface area contributed by atoms with Crippen LogP contribution in [0.3, 0.4) is 0 Å². The summed E-state index contributed by atoms with van der Waals surface area (Å²) >= 11 is 0. The largest absolute Gasteiger partial charge is 0.466 e. The van der Waals surface area contributed by atoms with Gasteiger partial charge in [-0.2, -0.15) is 0 Å². The van der Waals surface area contributed by atoms with Crippen molar-refractivity contribution < 1.29 is 19.0 Å². The molecule has 0 bridgehead atoms. The molecule has 4 nitrogen and oxygen atoms in total. The molecule has 0 aromatic rings. The number of hydrogen-bond donors (Lipinski definition) is 1. The molecule has 0 aliphatic rings. The van der Waals surface area contributed by atoms with Gasteiger partial charge in [-0.3, -0.25) is 9.36 Å². The standard InChI is InChI=1S/C12H25O4P/c1-3-4-5-6-7-8-10-16-12(13)9-11-17(2,14)15/h3-11H2,1-2H3,(H,14,15). The lowest BCUT2D eigenvalue weighted by molar-refractivity contribution is -0.143. The number of rotatable bonds is 10. The second-order valence-electron chi connectivity index (χ2n) is 4.51. The predicted molar refractivity (Wildman–Crippen MR) is 69.6 cm³/mol. The third-order valence-corrected chi connectivity index (χ3v) is 3.55. The summed E-state index contributed by atoms with van der Waals surface area (Å²) in [7, 11) is -3.08. The molecule has 0 saturated heterocycles. The van der Waals surface area contributed by atoms with E-state index < -0.39 is 7.37 Å². The van der Waals surface area contributed by atoms with Crippen LogP contribution >= 0.6 is 7.37 Å². The number of unbranched alkanes of at least 4 members (excludes halogenated alkanes) is 5. The van der Waals surface area contributed by atoms with Gasteiger partial charge in [0.15, 0.2) is 7.37 Å². The van der Waals surface area contributed by atoms with Gasteiger partial charge in [-0.25, -0.2) is 0 Å². The summed E-state index contributed by atoms with van der Waals surface area (Å²) in [5.41, 5.74) is 0. The highest BCUT2D eigenvalue weighted by Crippen LogP contribution is 2.35. The van der Waals surface area contributed by atoms with Crippen LogP contribution in [-0.2, 0) is 14.1 Å². The summed E-state index contributed by atoms with van der Waals surface area (Å²) in [6.45, 7) is 3.87. The van der Waals surface area contributed by atoms with Crippen molar-refractivity contribution in [1.82, 2.24) is 0 Å². The Hall–Kier alpha value is -0.340. The first kappa shape index (κ1) is 16.7.